The predicted molar refractivity (Wildman–Crippen MR) is 109 cm³/mol. The van der Waals surface area contributed by atoms with E-state index in [1.54, 1.807) is 18.2 Å². The Labute approximate surface area is 166 Å². The zero-order valence-electron chi connectivity index (χ0n) is 14.0. The molecule has 1 heterocycles. The Bertz CT molecular complexity index is 794. The van der Waals surface area contributed by atoms with Crippen LogP contribution < -0.4 is 15.4 Å². The lowest BCUT2D eigenvalue weighted by atomic mass is 10.2. The van der Waals surface area contributed by atoms with Gasteiger partial charge >= 0.3 is 0 Å². The summed E-state index contributed by atoms with van der Waals surface area (Å²) in [5, 5.41) is 5.91. The van der Waals surface area contributed by atoms with Crippen molar-refractivity contribution in [2.75, 3.05) is 18.5 Å². The molecule has 26 heavy (non-hydrogen) atoms. The third kappa shape index (κ3) is 5.27. The zero-order chi connectivity index (χ0) is 18.4. The number of halogens is 1. The first-order valence-electron chi connectivity index (χ1n) is 8.33. The first-order valence-corrected chi connectivity index (χ1v) is 9.53. The smallest absolute Gasteiger partial charge is 0.257 e. The van der Waals surface area contributed by atoms with Gasteiger partial charge in [0.1, 0.15) is 12.4 Å². The molecule has 2 aromatic carbocycles. The summed E-state index contributed by atoms with van der Waals surface area (Å²) in [6, 6.07) is 14.6. The molecule has 1 aliphatic heterocycles. The predicted octanol–water partition coefficient (Wildman–Crippen LogP) is 4.13. The number of ether oxygens (including phenoxy) is 2. The van der Waals surface area contributed by atoms with E-state index in [2.05, 4.69) is 26.6 Å². The summed E-state index contributed by atoms with van der Waals surface area (Å²) < 4.78 is 12.3. The standard InChI is InChI=1S/C19H19BrN2O3S/c20-14-6-3-5-13(11-14)18(23)22-19(26)21-16-8-1-2-9-17(16)25-12-15-7-4-10-24-15/h1-3,5-6,8-9,11,15H,4,7,10,12H2,(H2,21,22,23,26). The fourth-order valence-corrected chi connectivity index (χ4v) is 3.21. The molecule has 1 aliphatic rings. The van der Waals surface area contributed by atoms with E-state index >= 15 is 0 Å². The number of amides is 1. The number of para-hydroxylation sites is 2. The molecule has 0 radical (unpaired) electrons. The topological polar surface area (TPSA) is 59.6 Å². The number of benzene rings is 2. The summed E-state index contributed by atoms with van der Waals surface area (Å²) in [7, 11) is 0. The van der Waals surface area contributed by atoms with Crippen molar-refractivity contribution < 1.29 is 14.3 Å². The normalized spacial score (nSPS) is 16.1. The summed E-state index contributed by atoms with van der Waals surface area (Å²) in [5.74, 6) is 0.392. The first kappa shape index (κ1) is 18.8. The Hall–Kier alpha value is -1.96. The van der Waals surface area contributed by atoms with Gasteiger partial charge in [-0.25, -0.2) is 0 Å². The van der Waals surface area contributed by atoms with Gasteiger partial charge in [-0.05, 0) is 55.4 Å². The number of anilines is 1. The highest BCUT2D eigenvalue weighted by molar-refractivity contribution is 9.10. The first-order chi connectivity index (χ1) is 12.6. The number of thiocarbonyl (C=S) groups is 1. The Balaban J connectivity index is 1.59. The maximum atomic E-state index is 12.3. The van der Waals surface area contributed by atoms with Crippen LogP contribution in [0.2, 0.25) is 0 Å². The van der Waals surface area contributed by atoms with Crippen molar-refractivity contribution in [3.05, 3.63) is 58.6 Å². The molecule has 1 atom stereocenters. The molecule has 0 bridgehead atoms. The molecule has 7 heteroatoms. The van der Waals surface area contributed by atoms with Crippen LogP contribution in [-0.4, -0.2) is 30.3 Å². The van der Waals surface area contributed by atoms with Gasteiger partial charge in [0, 0.05) is 16.6 Å². The van der Waals surface area contributed by atoms with Crippen LogP contribution >= 0.6 is 28.1 Å². The van der Waals surface area contributed by atoms with Gasteiger partial charge in [0.25, 0.3) is 5.91 Å². The number of hydrogen-bond donors (Lipinski definition) is 2. The maximum absolute atomic E-state index is 12.3. The molecule has 1 unspecified atom stereocenters. The second-order valence-corrected chi connectivity index (χ2v) is 7.18. The number of nitrogens with one attached hydrogen (secondary N) is 2. The van der Waals surface area contributed by atoms with Crippen molar-refractivity contribution in [2.24, 2.45) is 0 Å². The fourth-order valence-electron chi connectivity index (χ4n) is 2.61. The Kier molecular flexibility index (Phi) is 6.60. The largest absolute Gasteiger partial charge is 0.489 e. The Morgan fingerprint density at radius 3 is 2.88 bits per heavy atom. The van der Waals surface area contributed by atoms with Crippen LogP contribution in [0.5, 0.6) is 5.75 Å². The minimum absolute atomic E-state index is 0.131. The van der Waals surface area contributed by atoms with Gasteiger partial charge in [-0.1, -0.05) is 34.1 Å². The molecule has 0 saturated carbocycles. The number of carbonyl (C=O) groups excluding carboxylic acids is 1. The van der Waals surface area contributed by atoms with E-state index in [1.165, 1.54) is 0 Å². The van der Waals surface area contributed by atoms with Gasteiger partial charge in [-0.3, -0.25) is 10.1 Å². The highest BCUT2D eigenvalue weighted by atomic mass is 79.9. The van der Waals surface area contributed by atoms with Gasteiger partial charge in [-0.15, -0.1) is 0 Å². The van der Waals surface area contributed by atoms with Crippen molar-refractivity contribution in [1.29, 1.82) is 0 Å². The number of hydrogen-bond acceptors (Lipinski definition) is 4. The average molecular weight is 435 g/mol. The second-order valence-electron chi connectivity index (χ2n) is 5.86. The molecule has 3 rings (SSSR count). The van der Waals surface area contributed by atoms with Crippen molar-refractivity contribution >= 4 is 44.9 Å². The van der Waals surface area contributed by atoms with Gasteiger partial charge in [0.05, 0.1) is 11.8 Å². The van der Waals surface area contributed by atoms with Crippen molar-refractivity contribution in [3.8, 4) is 5.75 Å². The van der Waals surface area contributed by atoms with Crippen LogP contribution in [0.3, 0.4) is 0 Å². The van der Waals surface area contributed by atoms with Gasteiger partial charge < -0.3 is 14.8 Å². The molecule has 2 aromatic rings. The summed E-state index contributed by atoms with van der Waals surface area (Å²) in [6.45, 7) is 1.29. The van der Waals surface area contributed by atoms with Gasteiger partial charge in [0.15, 0.2) is 5.11 Å². The SMILES string of the molecule is O=C(NC(=S)Nc1ccccc1OCC1CCCO1)c1cccc(Br)c1. The summed E-state index contributed by atoms with van der Waals surface area (Å²) in [4.78, 5) is 12.3. The molecule has 0 aromatic heterocycles. The molecule has 136 valence electrons. The molecule has 5 nitrogen and oxygen atoms in total. The van der Waals surface area contributed by atoms with E-state index in [0.29, 0.717) is 23.6 Å². The summed E-state index contributed by atoms with van der Waals surface area (Å²) in [6.07, 6.45) is 2.21. The van der Waals surface area contributed by atoms with Crippen molar-refractivity contribution in [1.82, 2.24) is 5.32 Å². The van der Waals surface area contributed by atoms with Gasteiger partial charge in [-0.2, -0.15) is 0 Å². The molecule has 0 aliphatic carbocycles. The molecule has 1 amide bonds. The van der Waals surface area contributed by atoms with Gasteiger partial charge in [0.2, 0.25) is 0 Å². The third-order valence-electron chi connectivity index (χ3n) is 3.90. The zero-order valence-corrected chi connectivity index (χ0v) is 16.4. The minimum atomic E-state index is -0.276. The lowest BCUT2D eigenvalue weighted by Crippen LogP contribution is -2.34. The molecule has 1 saturated heterocycles. The van der Waals surface area contributed by atoms with E-state index in [0.717, 1.165) is 23.9 Å². The molecule has 0 spiro atoms. The summed E-state index contributed by atoms with van der Waals surface area (Å²) in [5.41, 5.74) is 1.22. The number of rotatable bonds is 5. The van der Waals surface area contributed by atoms with Crippen LogP contribution in [0.15, 0.2) is 53.0 Å². The summed E-state index contributed by atoms with van der Waals surface area (Å²) >= 11 is 8.61. The van der Waals surface area contributed by atoms with E-state index in [4.69, 9.17) is 21.7 Å². The Morgan fingerprint density at radius 2 is 2.12 bits per heavy atom. The molecular formula is C19H19BrN2O3S. The minimum Gasteiger partial charge on any atom is -0.489 e. The van der Waals surface area contributed by atoms with Crippen LogP contribution in [-0.2, 0) is 4.74 Å². The average Bonchev–Trinajstić information content (AvgIpc) is 3.14. The lowest BCUT2D eigenvalue weighted by Gasteiger charge is -2.16. The van der Waals surface area contributed by atoms with Crippen LogP contribution in [0, 0.1) is 0 Å². The van der Waals surface area contributed by atoms with E-state index < -0.39 is 0 Å². The van der Waals surface area contributed by atoms with Crippen molar-refractivity contribution in [2.45, 2.75) is 18.9 Å². The Morgan fingerprint density at radius 1 is 1.27 bits per heavy atom. The van der Waals surface area contributed by atoms with Crippen LogP contribution in [0.25, 0.3) is 0 Å². The van der Waals surface area contributed by atoms with E-state index in [1.807, 2.05) is 30.3 Å². The monoisotopic (exact) mass is 434 g/mol. The maximum Gasteiger partial charge on any atom is 0.257 e. The third-order valence-corrected chi connectivity index (χ3v) is 4.60. The second kappa shape index (κ2) is 9.12. The highest BCUT2D eigenvalue weighted by Crippen LogP contribution is 2.25. The lowest BCUT2D eigenvalue weighted by molar-refractivity contribution is 0.0682. The molecule has 2 N–H and O–H groups in total. The number of carbonyl (C=O) groups is 1. The molecular weight excluding hydrogens is 416 g/mol. The van der Waals surface area contributed by atoms with Crippen LogP contribution in [0.4, 0.5) is 5.69 Å². The van der Waals surface area contributed by atoms with E-state index in [-0.39, 0.29) is 17.1 Å². The molecule has 1 fully saturated rings. The van der Waals surface area contributed by atoms with Crippen molar-refractivity contribution in [3.63, 3.8) is 0 Å². The highest BCUT2D eigenvalue weighted by Gasteiger charge is 2.17. The fraction of sp³-hybridized carbons (Fsp3) is 0.263. The quantitative estimate of drug-likeness (QED) is 0.692. The van der Waals surface area contributed by atoms with E-state index in [9.17, 15) is 4.79 Å². The van der Waals surface area contributed by atoms with Crippen LogP contribution in [0.1, 0.15) is 23.2 Å².